The predicted octanol–water partition coefficient (Wildman–Crippen LogP) is 2.09. The highest BCUT2D eigenvalue weighted by Crippen LogP contribution is 2.30. The molecule has 1 amide bonds. The molecular formula is C19H20N2O6S2. The second-order valence-corrected chi connectivity index (χ2v) is 9.15. The molecule has 1 aliphatic heterocycles. The fraction of sp³-hybridized carbons (Fsp3) is 0.263. The maximum Gasteiger partial charge on any atom is 0.335 e. The molecule has 1 aliphatic rings. The zero-order chi connectivity index (χ0) is 21.2. The SMILES string of the molecule is COc1ccc(S(=O)(=O)N2CC(S)CC2C(=O)Nc2ccc(C(=O)O)cc2)cc1. The lowest BCUT2D eigenvalue weighted by Gasteiger charge is -2.23. The minimum absolute atomic E-state index is 0.0596. The smallest absolute Gasteiger partial charge is 0.335 e. The normalized spacial score (nSPS) is 19.7. The molecule has 1 saturated heterocycles. The van der Waals surface area contributed by atoms with Crippen molar-refractivity contribution in [3.8, 4) is 5.75 Å². The Morgan fingerprint density at radius 3 is 2.31 bits per heavy atom. The molecule has 2 unspecified atom stereocenters. The number of rotatable bonds is 6. The van der Waals surface area contributed by atoms with E-state index in [0.717, 1.165) is 4.31 Å². The maximum absolute atomic E-state index is 13.1. The van der Waals surface area contributed by atoms with Crippen LogP contribution in [0.25, 0.3) is 0 Å². The van der Waals surface area contributed by atoms with E-state index < -0.39 is 27.9 Å². The number of carboxylic acid groups (broad SMARTS) is 1. The van der Waals surface area contributed by atoms with E-state index in [4.69, 9.17) is 9.84 Å². The van der Waals surface area contributed by atoms with Crippen molar-refractivity contribution in [3.05, 3.63) is 54.1 Å². The summed E-state index contributed by atoms with van der Waals surface area (Å²) >= 11 is 4.37. The average molecular weight is 437 g/mol. The molecule has 0 saturated carbocycles. The lowest BCUT2D eigenvalue weighted by Crippen LogP contribution is -2.43. The number of benzene rings is 2. The molecule has 1 heterocycles. The van der Waals surface area contributed by atoms with Crippen molar-refractivity contribution in [1.29, 1.82) is 0 Å². The molecule has 154 valence electrons. The van der Waals surface area contributed by atoms with Gasteiger partial charge >= 0.3 is 5.97 Å². The van der Waals surface area contributed by atoms with Gasteiger partial charge in [0.25, 0.3) is 0 Å². The summed E-state index contributed by atoms with van der Waals surface area (Å²) in [6.07, 6.45) is 0.261. The van der Waals surface area contributed by atoms with Gasteiger partial charge in [-0.05, 0) is 55.0 Å². The fourth-order valence-electron chi connectivity index (χ4n) is 3.09. The number of carbonyl (C=O) groups is 2. The molecule has 0 aromatic heterocycles. The largest absolute Gasteiger partial charge is 0.497 e. The number of amides is 1. The monoisotopic (exact) mass is 436 g/mol. The van der Waals surface area contributed by atoms with E-state index in [1.807, 2.05) is 0 Å². The van der Waals surface area contributed by atoms with Crippen LogP contribution in [-0.4, -0.2) is 54.7 Å². The molecule has 29 heavy (non-hydrogen) atoms. The summed E-state index contributed by atoms with van der Waals surface area (Å²) in [5.74, 6) is -1.05. The van der Waals surface area contributed by atoms with Gasteiger partial charge in [-0.25, -0.2) is 13.2 Å². The number of hydrogen-bond donors (Lipinski definition) is 3. The van der Waals surface area contributed by atoms with Gasteiger partial charge in [-0.3, -0.25) is 4.79 Å². The van der Waals surface area contributed by atoms with E-state index in [-0.39, 0.29) is 28.7 Å². The van der Waals surface area contributed by atoms with Crippen LogP contribution in [-0.2, 0) is 14.8 Å². The van der Waals surface area contributed by atoms with Crippen LogP contribution in [0.2, 0.25) is 0 Å². The molecular weight excluding hydrogens is 416 g/mol. The third-order valence-electron chi connectivity index (χ3n) is 4.60. The van der Waals surface area contributed by atoms with Crippen molar-refractivity contribution in [2.45, 2.75) is 22.6 Å². The van der Waals surface area contributed by atoms with Crippen molar-refractivity contribution < 1.29 is 27.9 Å². The number of aromatic carboxylic acids is 1. The van der Waals surface area contributed by atoms with E-state index in [2.05, 4.69) is 17.9 Å². The second kappa shape index (κ2) is 8.44. The van der Waals surface area contributed by atoms with Gasteiger partial charge in [-0.1, -0.05) is 0 Å². The number of nitrogens with zero attached hydrogens (tertiary/aromatic N) is 1. The number of carboxylic acids is 1. The first kappa shape index (κ1) is 21.2. The third kappa shape index (κ3) is 4.55. The lowest BCUT2D eigenvalue weighted by atomic mass is 10.2. The predicted molar refractivity (Wildman–Crippen MR) is 110 cm³/mol. The molecule has 2 atom stereocenters. The number of anilines is 1. The molecule has 0 aliphatic carbocycles. The molecule has 2 N–H and O–H groups in total. The van der Waals surface area contributed by atoms with Crippen molar-refractivity contribution in [2.75, 3.05) is 19.0 Å². The lowest BCUT2D eigenvalue weighted by molar-refractivity contribution is -0.119. The summed E-state index contributed by atoms with van der Waals surface area (Å²) in [7, 11) is -2.43. The van der Waals surface area contributed by atoms with E-state index in [9.17, 15) is 18.0 Å². The minimum atomic E-state index is -3.91. The molecule has 1 fully saturated rings. The van der Waals surface area contributed by atoms with E-state index in [1.54, 1.807) is 12.1 Å². The first-order valence-electron chi connectivity index (χ1n) is 8.70. The van der Waals surface area contributed by atoms with Crippen molar-refractivity contribution >= 4 is 40.2 Å². The van der Waals surface area contributed by atoms with Crippen LogP contribution in [0.3, 0.4) is 0 Å². The number of carbonyl (C=O) groups excluding carboxylic acids is 1. The Morgan fingerprint density at radius 1 is 1.14 bits per heavy atom. The summed E-state index contributed by atoms with van der Waals surface area (Å²) in [5.41, 5.74) is 0.465. The summed E-state index contributed by atoms with van der Waals surface area (Å²) in [6.45, 7) is 0.105. The molecule has 2 aromatic rings. The van der Waals surface area contributed by atoms with Gasteiger partial charge in [0, 0.05) is 17.5 Å². The highest BCUT2D eigenvalue weighted by atomic mass is 32.2. The second-order valence-electron chi connectivity index (χ2n) is 6.53. The fourth-order valence-corrected chi connectivity index (χ4v) is 5.22. The van der Waals surface area contributed by atoms with Crippen LogP contribution >= 0.6 is 12.6 Å². The average Bonchev–Trinajstić information content (AvgIpc) is 3.11. The van der Waals surface area contributed by atoms with Gasteiger partial charge in [0.1, 0.15) is 11.8 Å². The van der Waals surface area contributed by atoms with Gasteiger partial charge in [0.15, 0.2) is 0 Å². The Bertz CT molecular complexity index is 1010. The number of thiol groups is 1. The van der Waals surface area contributed by atoms with Gasteiger partial charge in [-0.15, -0.1) is 0 Å². The summed E-state index contributed by atoms with van der Waals surface area (Å²) in [6, 6.07) is 10.6. The third-order valence-corrected chi connectivity index (χ3v) is 6.86. The molecule has 2 aromatic carbocycles. The molecule has 8 nitrogen and oxygen atoms in total. The van der Waals surface area contributed by atoms with Gasteiger partial charge in [0.05, 0.1) is 17.6 Å². The van der Waals surface area contributed by atoms with Crippen LogP contribution in [0.4, 0.5) is 5.69 Å². The number of ether oxygens (including phenoxy) is 1. The van der Waals surface area contributed by atoms with Gasteiger partial charge in [-0.2, -0.15) is 16.9 Å². The Kier molecular flexibility index (Phi) is 6.15. The van der Waals surface area contributed by atoms with Crippen LogP contribution < -0.4 is 10.1 Å². The first-order valence-corrected chi connectivity index (χ1v) is 10.7. The zero-order valence-corrected chi connectivity index (χ0v) is 17.2. The Balaban J connectivity index is 1.81. The van der Waals surface area contributed by atoms with Crippen LogP contribution in [0, 0.1) is 0 Å². The summed E-state index contributed by atoms with van der Waals surface area (Å²) in [5, 5.41) is 11.3. The Morgan fingerprint density at radius 2 is 1.76 bits per heavy atom. The van der Waals surface area contributed by atoms with Crippen molar-refractivity contribution in [2.24, 2.45) is 0 Å². The van der Waals surface area contributed by atoms with Gasteiger partial charge < -0.3 is 15.2 Å². The van der Waals surface area contributed by atoms with Crippen LogP contribution in [0.15, 0.2) is 53.4 Å². The summed E-state index contributed by atoms with van der Waals surface area (Å²) in [4.78, 5) is 23.8. The Labute approximate surface area is 173 Å². The van der Waals surface area contributed by atoms with Crippen molar-refractivity contribution in [3.63, 3.8) is 0 Å². The first-order chi connectivity index (χ1) is 13.7. The zero-order valence-electron chi connectivity index (χ0n) is 15.5. The topological polar surface area (TPSA) is 113 Å². The van der Waals surface area contributed by atoms with E-state index in [1.165, 1.54) is 43.5 Å². The summed E-state index contributed by atoms with van der Waals surface area (Å²) < 4.78 is 32.3. The standard InChI is InChI=1S/C19H20N2O6S2/c1-27-14-6-8-16(9-7-14)29(25,26)21-11-15(28)10-17(21)18(22)20-13-4-2-12(3-5-13)19(23)24/h2-9,15,17,28H,10-11H2,1H3,(H,20,22)(H,23,24). The highest BCUT2D eigenvalue weighted by molar-refractivity contribution is 7.89. The number of methoxy groups -OCH3 is 1. The van der Waals surface area contributed by atoms with E-state index in [0.29, 0.717) is 11.4 Å². The quantitative estimate of drug-likeness (QED) is 0.598. The number of hydrogen-bond acceptors (Lipinski definition) is 6. The number of nitrogens with one attached hydrogen (secondary N) is 1. The maximum atomic E-state index is 13.1. The molecule has 10 heteroatoms. The Hall–Kier alpha value is -2.56. The van der Waals surface area contributed by atoms with Gasteiger partial charge in [0.2, 0.25) is 15.9 Å². The molecule has 3 rings (SSSR count). The highest BCUT2D eigenvalue weighted by Gasteiger charge is 2.43. The molecule has 0 bridgehead atoms. The number of sulfonamides is 1. The van der Waals surface area contributed by atoms with E-state index >= 15 is 0 Å². The molecule has 0 spiro atoms. The molecule has 0 radical (unpaired) electrons. The minimum Gasteiger partial charge on any atom is -0.497 e. The van der Waals surface area contributed by atoms with Crippen LogP contribution in [0.5, 0.6) is 5.75 Å². The van der Waals surface area contributed by atoms with Crippen LogP contribution in [0.1, 0.15) is 16.8 Å². The van der Waals surface area contributed by atoms with Crippen molar-refractivity contribution in [1.82, 2.24) is 4.31 Å².